The maximum absolute atomic E-state index is 12.9. The van der Waals surface area contributed by atoms with Crippen molar-refractivity contribution in [2.45, 2.75) is 64.1 Å². The first-order valence-corrected chi connectivity index (χ1v) is 23.3. The lowest BCUT2D eigenvalue weighted by Gasteiger charge is -2.24. The first-order chi connectivity index (χ1) is 30.2. The molecule has 0 aliphatic carbocycles. The molecule has 6 aromatic rings. The third-order valence-electron chi connectivity index (χ3n) is 10.3. The molecule has 6 N–H and O–H groups in total. The first-order valence-electron chi connectivity index (χ1n) is 19.9. The Morgan fingerprint density at radius 2 is 1.22 bits per heavy atom. The number of halogens is 2. The van der Waals surface area contributed by atoms with Crippen LogP contribution in [-0.2, 0) is 22.7 Å². The Morgan fingerprint density at radius 1 is 0.714 bits per heavy atom. The van der Waals surface area contributed by atoms with E-state index in [9.17, 15) is 29.4 Å². The van der Waals surface area contributed by atoms with Crippen molar-refractivity contribution in [3.05, 3.63) is 151 Å². The van der Waals surface area contributed by atoms with Crippen LogP contribution in [0, 0.1) is 13.8 Å². The summed E-state index contributed by atoms with van der Waals surface area (Å²) in [7, 11) is 0. The van der Waals surface area contributed by atoms with Crippen LogP contribution in [-0.4, -0.2) is 91.3 Å². The summed E-state index contributed by atoms with van der Waals surface area (Å²) in [6, 6.07) is 28.8. The van der Waals surface area contributed by atoms with E-state index < -0.39 is 24.2 Å². The molecule has 63 heavy (non-hydrogen) atoms. The van der Waals surface area contributed by atoms with Crippen LogP contribution in [0.4, 0.5) is 0 Å². The minimum atomic E-state index is -0.902. The van der Waals surface area contributed by atoms with Gasteiger partial charge in [0.05, 0.1) is 56.0 Å². The van der Waals surface area contributed by atoms with Gasteiger partial charge in [-0.25, -0.2) is 14.8 Å². The number of nitrogens with one attached hydrogen (secondary N) is 3. The second kappa shape index (κ2) is 22.5. The number of aliphatic hydroxyl groups excluding tert-OH is 2. The molecule has 0 saturated carbocycles. The molecule has 0 bridgehead atoms. The Morgan fingerprint density at radius 3 is 1.67 bits per heavy atom. The number of hydrogen-bond donors (Lipinski definition) is 6. The van der Waals surface area contributed by atoms with Crippen molar-refractivity contribution in [3.8, 4) is 20.9 Å². The maximum atomic E-state index is 12.9. The predicted octanol–water partition coefficient (Wildman–Crippen LogP) is 7.38. The lowest BCUT2D eigenvalue weighted by atomic mass is 10.1. The summed E-state index contributed by atoms with van der Waals surface area (Å²) >= 11 is 9.76. The molecule has 2 aliphatic heterocycles. The zero-order valence-corrected chi connectivity index (χ0v) is 39.1. The molecule has 17 heteroatoms. The van der Waals surface area contributed by atoms with Gasteiger partial charge in [-0.2, -0.15) is 0 Å². The summed E-state index contributed by atoms with van der Waals surface area (Å²) in [5.74, 6) is -1.48. The van der Waals surface area contributed by atoms with Crippen LogP contribution in [0.1, 0.15) is 56.1 Å². The normalized spacial score (nSPS) is 17.8. The summed E-state index contributed by atoms with van der Waals surface area (Å²) in [5.41, 5.74) is 10.8. The summed E-state index contributed by atoms with van der Waals surface area (Å²) in [6.07, 6.45) is -0.420. The molecule has 2 aromatic heterocycles. The van der Waals surface area contributed by atoms with Crippen molar-refractivity contribution in [1.29, 1.82) is 0 Å². The summed E-state index contributed by atoms with van der Waals surface area (Å²) in [4.78, 5) is 60.4. The highest BCUT2D eigenvalue weighted by molar-refractivity contribution is 9.10. The van der Waals surface area contributed by atoms with Crippen LogP contribution in [0.5, 0.6) is 0 Å². The molecule has 4 heterocycles. The highest BCUT2D eigenvalue weighted by Crippen LogP contribution is 2.29. The first kappa shape index (κ1) is 47.3. The van der Waals surface area contributed by atoms with Gasteiger partial charge < -0.3 is 36.2 Å². The van der Waals surface area contributed by atoms with Crippen molar-refractivity contribution in [3.63, 3.8) is 0 Å². The molecule has 13 nitrogen and oxygen atoms in total. The molecule has 0 unspecified atom stereocenters. The van der Waals surface area contributed by atoms with Gasteiger partial charge in [0.25, 0.3) is 5.91 Å². The molecule has 2 saturated heterocycles. The van der Waals surface area contributed by atoms with Crippen LogP contribution < -0.4 is 16.0 Å². The Labute approximate surface area is 389 Å². The molecule has 8 rings (SSSR count). The number of hydrogen-bond acceptors (Lipinski definition) is 11. The van der Waals surface area contributed by atoms with Gasteiger partial charge in [-0.05, 0) is 78.9 Å². The molecule has 4 atom stereocenters. The standard InChI is InChI=1S/C23H22BrN3O3S.C16H19N3O2S.C7H5BrO2/c1-14-21(31-13-26-14)16-7-5-15(6-8-16)11-25-22(29)20-10-19(28)12-27(20)23(30)17-3-2-4-18(24)9-17;1-10-15(22-9-19-10)12-4-2-11(3-5-12)7-18-16(21)14-6-13(20)8-17-14;8-6-3-1-2-5(4-6)7(9)10/h2-9,13,19-20,28H,10-12H2,1H3,(H,25,29);2-5,9,13-14,17,20H,6-8H2,1H3,(H,18,21);1-4H,(H,9,10)/t19-,20+;13-,14+;/m11./s1. The van der Waals surface area contributed by atoms with Gasteiger partial charge in [-0.3, -0.25) is 14.4 Å². The topological polar surface area (TPSA) is 194 Å². The Balaban J connectivity index is 0.000000178. The number of carbonyl (C=O) groups is 4. The van der Waals surface area contributed by atoms with Gasteiger partial charge in [-0.1, -0.05) is 92.5 Å². The van der Waals surface area contributed by atoms with E-state index in [1.807, 2.05) is 67.3 Å². The zero-order chi connectivity index (χ0) is 45.0. The molecule has 2 fully saturated rings. The fourth-order valence-corrected chi connectivity index (χ4v) is 9.36. The van der Waals surface area contributed by atoms with E-state index in [2.05, 4.69) is 69.9 Å². The lowest BCUT2D eigenvalue weighted by Crippen LogP contribution is -2.45. The summed E-state index contributed by atoms with van der Waals surface area (Å²) in [5, 5.41) is 36.9. The van der Waals surface area contributed by atoms with Crippen molar-refractivity contribution >= 4 is 78.2 Å². The van der Waals surface area contributed by atoms with E-state index in [0.29, 0.717) is 37.2 Å². The quantitative estimate of drug-likeness (QED) is 0.0807. The van der Waals surface area contributed by atoms with Crippen molar-refractivity contribution in [2.24, 2.45) is 0 Å². The van der Waals surface area contributed by atoms with Crippen molar-refractivity contribution in [1.82, 2.24) is 30.8 Å². The van der Waals surface area contributed by atoms with E-state index in [1.54, 1.807) is 65.1 Å². The van der Waals surface area contributed by atoms with Gasteiger partial charge in [0, 0.05) is 47.1 Å². The number of nitrogens with zero attached hydrogens (tertiary/aromatic N) is 3. The summed E-state index contributed by atoms with van der Waals surface area (Å²) in [6.45, 7) is 5.47. The van der Waals surface area contributed by atoms with Gasteiger partial charge in [-0.15, -0.1) is 22.7 Å². The molecule has 3 amide bonds. The number of thiazole rings is 2. The third-order valence-corrected chi connectivity index (χ3v) is 13.2. The third kappa shape index (κ3) is 13.2. The highest BCUT2D eigenvalue weighted by atomic mass is 79.9. The molecule has 4 aromatic carbocycles. The van der Waals surface area contributed by atoms with Crippen molar-refractivity contribution in [2.75, 3.05) is 13.1 Å². The number of aryl methyl sites for hydroxylation is 2. The maximum Gasteiger partial charge on any atom is 0.335 e. The molecule has 0 spiro atoms. The Hall–Kier alpha value is -5.14. The molecule has 328 valence electrons. The van der Waals surface area contributed by atoms with Gasteiger partial charge >= 0.3 is 5.97 Å². The SMILES string of the molecule is Cc1ncsc1-c1ccc(CNC(=O)[C@@H]2C[C@@H](O)CN2)cc1.Cc1ncsc1-c1ccc(CNC(=O)[C@@H]2C[C@@H](O)CN2C(=O)c2cccc(Br)c2)cc1.O=C(O)c1cccc(Br)c1. The number of aromatic carboxylic acids is 1. The zero-order valence-electron chi connectivity index (χ0n) is 34.3. The van der Waals surface area contributed by atoms with Crippen LogP contribution in [0.15, 0.2) is 117 Å². The van der Waals surface area contributed by atoms with E-state index in [-0.39, 0.29) is 36.7 Å². The fourth-order valence-electron chi connectivity index (χ4n) is 6.94. The average molecular weight is 1020 g/mol. The van der Waals surface area contributed by atoms with E-state index in [0.717, 1.165) is 47.5 Å². The molecular weight excluding hydrogens is 972 g/mol. The second-order valence-electron chi connectivity index (χ2n) is 14.9. The number of carboxylic acids is 1. The van der Waals surface area contributed by atoms with Crippen molar-refractivity contribution < 1.29 is 34.5 Å². The number of rotatable bonds is 10. The van der Waals surface area contributed by atoms with Crippen LogP contribution in [0.3, 0.4) is 0 Å². The number of carboxylic acid groups (broad SMARTS) is 1. The number of benzene rings is 4. The molecular formula is C46H46Br2N6O7S2. The largest absolute Gasteiger partial charge is 0.478 e. The minimum Gasteiger partial charge on any atom is -0.478 e. The Bertz CT molecular complexity index is 2520. The highest BCUT2D eigenvalue weighted by Gasteiger charge is 2.39. The Kier molecular flexibility index (Phi) is 16.9. The molecule has 2 aliphatic rings. The smallest absolute Gasteiger partial charge is 0.335 e. The number of β-amino-alcohol motifs (C(OH)–C–C–N with tert-alkyl or cyclic N) is 2. The van der Waals surface area contributed by atoms with Gasteiger partial charge in [0.1, 0.15) is 6.04 Å². The fraction of sp³-hybridized carbons (Fsp3) is 0.261. The second-order valence-corrected chi connectivity index (χ2v) is 18.4. The number of likely N-dealkylation sites (tertiary alicyclic amines) is 1. The van der Waals surface area contributed by atoms with Gasteiger partial charge in [0.15, 0.2) is 0 Å². The lowest BCUT2D eigenvalue weighted by molar-refractivity contribution is -0.125. The number of aromatic nitrogens is 2. The van der Waals surface area contributed by atoms with E-state index in [1.165, 1.54) is 9.78 Å². The van der Waals surface area contributed by atoms with Gasteiger partial charge in [0.2, 0.25) is 11.8 Å². The van der Waals surface area contributed by atoms with E-state index >= 15 is 0 Å². The summed E-state index contributed by atoms with van der Waals surface area (Å²) < 4.78 is 1.57. The van der Waals surface area contributed by atoms with Crippen LogP contribution in [0.2, 0.25) is 0 Å². The number of aliphatic hydroxyl groups is 2. The predicted molar refractivity (Wildman–Crippen MR) is 251 cm³/mol. The van der Waals surface area contributed by atoms with Crippen LogP contribution >= 0.6 is 54.5 Å². The minimum absolute atomic E-state index is 0.0565. The monoisotopic (exact) mass is 1020 g/mol. The van der Waals surface area contributed by atoms with E-state index in [4.69, 9.17) is 5.11 Å². The number of amides is 3. The molecule has 0 radical (unpaired) electrons. The average Bonchev–Trinajstić information content (AvgIpc) is 4.11. The number of carbonyl (C=O) groups excluding carboxylic acids is 3. The van der Waals surface area contributed by atoms with Crippen LogP contribution in [0.25, 0.3) is 20.9 Å².